The van der Waals surface area contributed by atoms with Crippen molar-refractivity contribution in [3.8, 4) is 5.75 Å². The average Bonchev–Trinajstić information content (AvgIpc) is 2.40. The Labute approximate surface area is 110 Å². The van der Waals surface area contributed by atoms with E-state index in [-0.39, 0.29) is 0 Å². The third kappa shape index (κ3) is 5.85. The quantitative estimate of drug-likeness (QED) is 0.572. The predicted molar refractivity (Wildman–Crippen MR) is 74.5 cm³/mol. The maximum absolute atomic E-state index is 10.3. The minimum Gasteiger partial charge on any atom is -0.418 e. The lowest BCUT2D eigenvalue weighted by molar-refractivity contribution is 0.439. The van der Waals surface area contributed by atoms with Gasteiger partial charge in [0.05, 0.1) is 0 Å². The minimum atomic E-state index is 0.651. The first-order valence-corrected chi connectivity index (χ1v) is 7.00. The molecular weight excluding hydrogens is 224 g/mol. The van der Waals surface area contributed by atoms with Gasteiger partial charge in [0, 0.05) is 0 Å². The van der Waals surface area contributed by atoms with Gasteiger partial charge >= 0.3 is 6.47 Å². The van der Waals surface area contributed by atoms with E-state index in [2.05, 4.69) is 6.92 Å². The fourth-order valence-corrected chi connectivity index (χ4v) is 2.13. The highest BCUT2D eigenvalue weighted by Crippen LogP contribution is 2.20. The van der Waals surface area contributed by atoms with Crippen LogP contribution in [0.3, 0.4) is 0 Å². The van der Waals surface area contributed by atoms with Crippen molar-refractivity contribution >= 4 is 6.47 Å². The number of ether oxygens (including phenoxy) is 1. The first kappa shape index (κ1) is 14.7. The van der Waals surface area contributed by atoms with E-state index in [9.17, 15) is 4.79 Å². The van der Waals surface area contributed by atoms with E-state index >= 15 is 0 Å². The van der Waals surface area contributed by atoms with Gasteiger partial charge in [-0.15, -0.1) is 0 Å². The van der Waals surface area contributed by atoms with Gasteiger partial charge in [-0.05, 0) is 24.5 Å². The molecule has 1 radical (unpaired) electrons. The summed E-state index contributed by atoms with van der Waals surface area (Å²) in [6.45, 7) is 3.74. The second kappa shape index (κ2) is 9.69. The van der Waals surface area contributed by atoms with Gasteiger partial charge in [0.15, 0.2) is 0 Å². The van der Waals surface area contributed by atoms with Crippen molar-refractivity contribution in [1.82, 2.24) is 0 Å². The molecular formula is C16H23O2. The van der Waals surface area contributed by atoms with E-state index in [4.69, 9.17) is 4.74 Å². The van der Waals surface area contributed by atoms with Gasteiger partial charge in [-0.2, -0.15) is 0 Å². The van der Waals surface area contributed by atoms with Gasteiger partial charge in [0.2, 0.25) is 0 Å². The summed E-state index contributed by atoms with van der Waals surface area (Å²) >= 11 is 0. The molecule has 0 unspecified atom stereocenters. The molecule has 0 saturated carbocycles. The van der Waals surface area contributed by atoms with E-state index < -0.39 is 0 Å². The Morgan fingerprint density at radius 1 is 1.00 bits per heavy atom. The van der Waals surface area contributed by atoms with Crippen molar-refractivity contribution in [2.45, 2.75) is 58.3 Å². The minimum absolute atomic E-state index is 0.651. The highest BCUT2D eigenvalue weighted by molar-refractivity contribution is 5.48. The monoisotopic (exact) mass is 247 g/mol. The van der Waals surface area contributed by atoms with Crippen LogP contribution >= 0.6 is 0 Å². The fourth-order valence-electron chi connectivity index (χ4n) is 2.13. The number of para-hydroxylation sites is 1. The van der Waals surface area contributed by atoms with E-state index in [0.717, 1.165) is 18.4 Å². The number of benzene rings is 1. The van der Waals surface area contributed by atoms with E-state index in [0.29, 0.717) is 5.75 Å². The normalized spacial score (nSPS) is 10.3. The molecule has 2 nitrogen and oxygen atoms in total. The summed E-state index contributed by atoms with van der Waals surface area (Å²) < 4.78 is 4.84. The first-order valence-electron chi connectivity index (χ1n) is 7.00. The highest BCUT2D eigenvalue weighted by atomic mass is 16.5. The largest absolute Gasteiger partial charge is 0.423 e. The van der Waals surface area contributed by atoms with Crippen molar-refractivity contribution < 1.29 is 9.53 Å². The molecule has 0 aliphatic rings. The Hall–Kier alpha value is -1.31. The molecule has 0 fully saturated rings. The molecule has 0 N–H and O–H groups in total. The molecule has 1 rings (SSSR count). The van der Waals surface area contributed by atoms with Crippen LogP contribution < -0.4 is 4.74 Å². The summed E-state index contributed by atoms with van der Waals surface area (Å²) in [7, 11) is 0. The summed E-state index contributed by atoms with van der Waals surface area (Å²) in [5.74, 6) is 0.651. The lowest BCUT2D eigenvalue weighted by atomic mass is 10.0. The Bertz CT molecular complexity index is 334. The molecule has 0 amide bonds. The lowest BCUT2D eigenvalue weighted by Crippen LogP contribution is -1.95. The second-order valence-corrected chi connectivity index (χ2v) is 4.66. The highest BCUT2D eigenvalue weighted by Gasteiger charge is 2.02. The van der Waals surface area contributed by atoms with E-state index in [1.165, 1.54) is 45.0 Å². The molecule has 18 heavy (non-hydrogen) atoms. The van der Waals surface area contributed by atoms with Crippen LogP contribution in [-0.4, -0.2) is 6.47 Å². The zero-order chi connectivity index (χ0) is 13.1. The van der Waals surface area contributed by atoms with Crippen LogP contribution in [0.5, 0.6) is 5.75 Å². The number of unbranched alkanes of at least 4 members (excludes halogenated alkanes) is 6. The van der Waals surface area contributed by atoms with Crippen LogP contribution in [0.2, 0.25) is 0 Å². The number of carbonyl (C=O) groups excluding carboxylic acids is 1. The predicted octanol–water partition coefficient (Wildman–Crippen LogP) is 4.43. The molecule has 0 aliphatic heterocycles. The Morgan fingerprint density at radius 2 is 1.67 bits per heavy atom. The fraction of sp³-hybridized carbons (Fsp3) is 0.562. The van der Waals surface area contributed by atoms with E-state index in [1.54, 1.807) is 0 Å². The Balaban J connectivity index is 2.20. The van der Waals surface area contributed by atoms with Crippen LogP contribution in [0, 0.1) is 0 Å². The molecule has 1 aromatic carbocycles. The Kier molecular flexibility index (Phi) is 7.94. The molecule has 0 saturated heterocycles. The standard InChI is InChI=1S/C16H23O2/c1-2-3-4-5-6-7-8-11-15-12-9-10-13-16(15)18-14-17/h9-10,12-13H,2-8,11H2,1H3. The first-order chi connectivity index (χ1) is 8.88. The number of hydrogen-bond acceptors (Lipinski definition) is 2. The molecule has 0 heterocycles. The SMILES string of the molecule is CCCCCCCCCc1ccccc1O[C]=O. The van der Waals surface area contributed by atoms with Crippen molar-refractivity contribution in [2.24, 2.45) is 0 Å². The van der Waals surface area contributed by atoms with Gasteiger partial charge < -0.3 is 4.74 Å². The van der Waals surface area contributed by atoms with Crippen molar-refractivity contribution in [3.05, 3.63) is 29.8 Å². The van der Waals surface area contributed by atoms with Crippen LogP contribution in [0.25, 0.3) is 0 Å². The maximum atomic E-state index is 10.3. The molecule has 0 spiro atoms. The van der Waals surface area contributed by atoms with E-state index in [1.807, 2.05) is 24.3 Å². The zero-order valence-corrected chi connectivity index (χ0v) is 11.3. The van der Waals surface area contributed by atoms with Crippen LogP contribution in [0.15, 0.2) is 24.3 Å². The molecule has 2 heteroatoms. The third-order valence-corrected chi connectivity index (χ3v) is 3.17. The van der Waals surface area contributed by atoms with Crippen LogP contribution in [0.4, 0.5) is 0 Å². The number of rotatable bonds is 10. The topological polar surface area (TPSA) is 26.3 Å². The van der Waals surface area contributed by atoms with Gasteiger partial charge in [0.25, 0.3) is 0 Å². The van der Waals surface area contributed by atoms with Gasteiger partial charge in [-0.3, -0.25) is 0 Å². The third-order valence-electron chi connectivity index (χ3n) is 3.17. The summed E-state index contributed by atoms with van der Waals surface area (Å²) in [4.78, 5) is 10.3. The molecule has 0 aliphatic carbocycles. The van der Waals surface area contributed by atoms with Crippen LogP contribution in [-0.2, 0) is 11.2 Å². The van der Waals surface area contributed by atoms with Gasteiger partial charge in [-0.1, -0.05) is 63.6 Å². The van der Waals surface area contributed by atoms with Gasteiger partial charge in [-0.25, -0.2) is 4.79 Å². The summed E-state index contributed by atoms with van der Waals surface area (Å²) in [5.41, 5.74) is 1.11. The number of hydrogen-bond donors (Lipinski definition) is 0. The number of aryl methyl sites for hydroxylation is 1. The molecule has 0 atom stereocenters. The maximum Gasteiger partial charge on any atom is 0.423 e. The lowest BCUT2D eigenvalue weighted by Gasteiger charge is -2.06. The molecule has 1 aromatic rings. The average molecular weight is 247 g/mol. The van der Waals surface area contributed by atoms with Crippen molar-refractivity contribution in [2.75, 3.05) is 0 Å². The van der Waals surface area contributed by atoms with Crippen LogP contribution in [0.1, 0.15) is 57.4 Å². The second-order valence-electron chi connectivity index (χ2n) is 4.66. The Morgan fingerprint density at radius 3 is 2.39 bits per heavy atom. The summed E-state index contributed by atoms with van der Waals surface area (Å²) in [6, 6.07) is 7.69. The summed E-state index contributed by atoms with van der Waals surface area (Å²) in [6.07, 6.45) is 10.0. The summed E-state index contributed by atoms with van der Waals surface area (Å²) in [5, 5.41) is 0. The van der Waals surface area contributed by atoms with Crippen molar-refractivity contribution in [3.63, 3.8) is 0 Å². The smallest absolute Gasteiger partial charge is 0.418 e. The molecule has 99 valence electrons. The van der Waals surface area contributed by atoms with Gasteiger partial charge in [0.1, 0.15) is 5.75 Å². The molecule has 0 aromatic heterocycles. The van der Waals surface area contributed by atoms with Crippen molar-refractivity contribution in [1.29, 1.82) is 0 Å². The zero-order valence-electron chi connectivity index (χ0n) is 11.3. The molecule has 0 bridgehead atoms.